The van der Waals surface area contributed by atoms with Crippen molar-refractivity contribution in [3.63, 3.8) is 0 Å². The summed E-state index contributed by atoms with van der Waals surface area (Å²) in [5.41, 5.74) is 0.0227. The van der Waals surface area contributed by atoms with E-state index in [4.69, 9.17) is 16.3 Å². The lowest BCUT2D eigenvalue weighted by molar-refractivity contribution is -0.124. The molecule has 1 aromatic carbocycles. The summed E-state index contributed by atoms with van der Waals surface area (Å²) in [4.78, 5) is 30.3. The summed E-state index contributed by atoms with van der Waals surface area (Å²) >= 11 is 6.33. The summed E-state index contributed by atoms with van der Waals surface area (Å²) < 4.78 is 5.35. The summed E-state index contributed by atoms with van der Waals surface area (Å²) in [7, 11) is 0. The molecular weight excluding hydrogens is 466 g/mol. The maximum atomic E-state index is 13.5. The number of ether oxygens (including phenoxy) is 1. The Balaban J connectivity index is 1.41. The average Bonchev–Trinajstić information content (AvgIpc) is 3.29. The minimum absolute atomic E-state index is 0.234. The van der Waals surface area contributed by atoms with Crippen LogP contribution in [0.25, 0.3) is 0 Å². The van der Waals surface area contributed by atoms with Crippen molar-refractivity contribution in [1.82, 2.24) is 20.4 Å². The molecule has 2 heterocycles. The second-order valence-electron chi connectivity index (χ2n) is 10.1. The van der Waals surface area contributed by atoms with Gasteiger partial charge in [-0.2, -0.15) is 5.26 Å². The van der Waals surface area contributed by atoms with Crippen molar-refractivity contribution in [1.29, 1.82) is 5.26 Å². The molecule has 9 heteroatoms. The van der Waals surface area contributed by atoms with Crippen molar-refractivity contribution in [3.05, 3.63) is 34.9 Å². The van der Waals surface area contributed by atoms with Gasteiger partial charge in [-0.15, -0.1) is 0 Å². The first-order valence-corrected chi connectivity index (χ1v) is 13.2. The van der Waals surface area contributed by atoms with Crippen LogP contribution < -0.4 is 10.6 Å². The van der Waals surface area contributed by atoms with Gasteiger partial charge in [0.1, 0.15) is 11.6 Å². The van der Waals surface area contributed by atoms with Gasteiger partial charge in [0.05, 0.1) is 19.3 Å². The van der Waals surface area contributed by atoms with E-state index in [1.807, 2.05) is 24.3 Å². The number of nitrogens with zero attached hydrogens (tertiary/aromatic N) is 3. The van der Waals surface area contributed by atoms with E-state index in [-0.39, 0.29) is 11.9 Å². The zero-order valence-corrected chi connectivity index (χ0v) is 21.1. The molecule has 3 fully saturated rings. The van der Waals surface area contributed by atoms with E-state index >= 15 is 0 Å². The Hall–Kier alpha value is -2.34. The number of rotatable bonds is 7. The van der Waals surface area contributed by atoms with E-state index in [1.54, 1.807) is 4.90 Å². The molecule has 3 amide bonds. The van der Waals surface area contributed by atoms with E-state index < -0.39 is 11.6 Å². The van der Waals surface area contributed by atoms with Gasteiger partial charge >= 0.3 is 6.03 Å². The third-order valence-corrected chi connectivity index (χ3v) is 7.85. The number of carbonyl (C=O) groups is 2. The van der Waals surface area contributed by atoms with Crippen LogP contribution in [-0.4, -0.2) is 72.7 Å². The minimum Gasteiger partial charge on any atom is -0.378 e. The summed E-state index contributed by atoms with van der Waals surface area (Å²) in [6, 6.07) is 9.16. The van der Waals surface area contributed by atoms with Gasteiger partial charge in [0, 0.05) is 37.7 Å². The number of hydrogen-bond acceptors (Lipinski definition) is 5. The van der Waals surface area contributed by atoms with Gasteiger partial charge < -0.3 is 20.3 Å². The Morgan fingerprint density at radius 1 is 1.17 bits per heavy atom. The fourth-order valence-electron chi connectivity index (χ4n) is 5.43. The van der Waals surface area contributed by atoms with Gasteiger partial charge in [-0.25, -0.2) is 4.79 Å². The van der Waals surface area contributed by atoms with Crippen LogP contribution in [0.5, 0.6) is 0 Å². The number of urea groups is 1. The highest BCUT2D eigenvalue weighted by atomic mass is 35.5. The predicted molar refractivity (Wildman–Crippen MR) is 134 cm³/mol. The molecule has 1 aromatic rings. The van der Waals surface area contributed by atoms with E-state index in [9.17, 15) is 14.9 Å². The van der Waals surface area contributed by atoms with Gasteiger partial charge in [-0.3, -0.25) is 9.69 Å². The molecule has 2 aliphatic heterocycles. The monoisotopic (exact) mass is 501 g/mol. The van der Waals surface area contributed by atoms with Gasteiger partial charge in [-0.1, -0.05) is 61.9 Å². The molecule has 1 aliphatic carbocycles. The Kier molecular flexibility index (Phi) is 8.88. The van der Waals surface area contributed by atoms with E-state index in [2.05, 4.69) is 21.6 Å². The molecule has 0 bridgehead atoms. The molecule has 3 aliphatic rings. The Bertz CT molecular complexity index is 926. The molecule has 2 saturated heterocycles. The first-order valence-electron chi connectivity index (χ1n) is 12.8. The summed E-state index contributed by atoms with van der Waals surface area (Å²) in [5, 5.41) is 16.8. The number of carbonyl (C=O) groups excluding carboxylic acids is 2. The fraction of sp³-hybridized carbons (Fsp3) is 0.654. The SMILES string of the molecule is N#CC1(NC(=O)C(CC2CCCCC2)NC(=O)N2CCOCC2)CCN(Cc2ccccc2Cl)C1. The van der Waals surface area contributed by atoms with Crippen LogP contribution in [0, 0.1) is 17.2 Å². The summed E-state index contributed by atoms with van der Waals surface area (Å²) in [5.74, 6) is 0.140. The van der Waals surface area contributed by atoms with Crippen LogP contribution in [0.1, 0.15) is 50.5 Å². The van der Waals surface area contributed by atoms with Crippen LogP contribution in [0.3, 0.4) is 0 Å². The number of nitrogens with one attached hydrogen (secondary N) is 2. The van der Waals surface area contributed by atoms with Crippen molar-refractivity contribution >= 4 is 23.5 Å². The van der Waals surface area contributed by atoms with Crippen LogP contribution in [0.4, 0.5) is 4.79 Å². The summed E-state index contributed by atoms with van der Waals surface area (Å²) in [6.07, 6.45) is 6.84. The van der Waals surface area contributed by atoms with Crippen LogP contribution >= 0.6 is 11.6 Å². The fourth-order valence-corrected chi connectivity index (χ4v) is 5.63. The first kappa shape index (κ1) is 25.7. The summed E-state index contributed by atoms with van der Waals surface area (Å²) in [6.45, 7) is 3.78. The van der Waals surface area contributed by atoms with Gasteiger partial charge in [0.15, 0.2) is 0 Å². The Morgan fingerprint density at radius 3 is 2.63 bits per heavy atom. The Labute approximate surface area is 212 Å². The zero-order valence-electron chi connectivity index (χ0n) is 20.3. The van der Waals surface area contributed by atoms with Crippen molar-refractivity contribution < 1.29 is 14.3 Å². The third kappa shape index (κ3) is 6.87. The number of likely N-dealkylation sites (tertiary alicyclic amines) is 1. The number of morpholine rings is 1. The Morgan fingerprint density at radius 2 is 1.91 bits per heavy atom. The molecule has 1 saturated carbocycles. The maximum Gasteiger partial charge on any atom is 0.318 e. The molecule has 190 valence electrons. The molecule has 0 spiro atoms. The first-order chi connectivity index (χ1) is 17.0. The van der Waals surface area contributed by atoms with Crippen molar-refractivity contribution in [2.24, 2.45) is 5.92 Å². The molecule has 2 atom stereocenters. The van der Waals surface area contributed by atoms with Crippen LogP contribution in [0.15, 0.2) is 24.3 Å². The molecular formula is C26H36ClN5O3. The minimum atomic E-state index is -0.979. The number of hydrogen-bond donors (Lipinski definition) is 2. The molecule has 4 rings (SSSR count). The second kappa shape index (κ2) is 12.1. The lowest BCUT2D eigenvalue weighted by Crippen LogP contribution is -2.58. The maximum absolute atomic E-state index is 13.5. The van der Waals surface area contributed by atoms with E-state index in [0.29, 0.717) is 69.7 Å². The van der Waals surface area contributed by atoms with Crippen molar-refractivity contribution in [3.8, 4) is 6.07 Å². The number of halogens is 1. The van der Waals surface area contributed by atoms with E-state index in [1.165, 1.54) is 6.42 Å². The molecule has 0 aromatic heterocycles. The molecule has 0 radical (unpaired) electrons. The molecule has 2 N–H and O–H groups in total. The lowest BCUT2D eigenvalue weighted by atomic mass is 9.84. The zero-order chi connectivity index (χ0) is 24.7. The largest absolute Gasteiger partial charge is 0.378 e. The third-order valence-electron chi connectivity index (χ3n) is 7.48. The number of amides is 3. The highest BCUT2D eigenvalue weighted by Gasteiger charge is 2.41. The lowest BCUT2D eigenvalue weighted by Gasteiger charge is -2.32. The average molecular weight is 502 g/mol. The topological polar surface area (TPSA) is 97.7 Å². The highest BCUT2D eigenvalue weighted by molar-refractivity contribution is 6.31. The van der Waals surface area contributed by atoms with Gasteiger partial charge in [0.25, 0.3) is 0 Å². The van der Waals surface area contributed by atoms with Crippen LogP contribution in [-0.2, 0) is 16.1 Å². The van der Waals surface area contributed by atoms with Crippen molar-refractivity contribution in [2.75, 3.05) is 39.4 Å². The number of nitriles is 1. The molecule has 2 unspecified atom stereocenters. The highest BCUT2D eigenvalue weighted by Crippen LogP contribution is 2.29. The normalized spacial score (nSPS) is 24.5. The van der Waals surface area contributed by atoms with E-state index in [0.717, 1.165) is 31.2 Å². The number of benzene rings is 1. The van der Waals surface area contributed by atoms with Crippen LogP contribution in [0.2, 0.25) is 5.02 Å². The smallest absolute Gasteiger partial charge is 0.318 e. The predicted octanol–water partition coefficient (Wildman–Crippen LogP) is 3.31. The standard InChI is InChI=1S/C26H36ClN5O3/c27-22-9-5-4-8-21(22)17-31-11-10-26(18-28,19-31)30-24(33)23(16-20-6-2-1-3-7-20)29-25(34)32-12-14-35-15-13-32/h4-5,8-9,20,23H,1-3,6-7,10-17,19H2,(H,29,34)(H,30,33). The van der Waals surface area contributed by atoms with Gasteiger partial charge in [0.2, 0.25) is 5.91 Å². The van der Waals surface area contributed by atoms with Gasteiger partial charge in [-0.05, 0) is 30.4 Å². The second-order valence-corrected chi connectivity index (χ2v) is 10.5. The van der Waals surface area contributed by atoms with Crippen molar-refractivity contribution in [2.45, 2.75) is 63.1 Å². The molecule has 35 heavy (non-hydrogen) atoms. The molecule has 8 nitrogen and oxygen atoms in total. The quantitative estimate of drug-likeness (QED) is 0.597.